The topological polar surface area (TPSA) is 98.2 Å². The largest absolute Gasteiger partial charge is 0.378 e. The van der Waals surface area contributed by atoms with Crippen molar-refractivity contribution < 1.29 is 4.92 Å². The fourth-order valence-corrected chi connectivity index (χ4v) is 3.09. The van der Waals surface area contributed by atoms with Gasteiger partial charge in [0, 0.05) is 12.6 Å². The molecule has 0 amide bonds. The van der Waals surface area contributed by atoms with E-state index in [1.165, 1.54) is 38.3 Å². The van der Waals surface area contributed by atoms with Gasteiger partial charge in [-0.1, -0.05) is 19.3 Å². The van der Waals surface area contributed by atoms with Crippen molar-refractivity contribution in [3.8, 4) is 0 Å². The van der Waals surface area contributed by atoms with Crippen molar-refractivity contribution >= 4 is 17.5 Å². The molecule has 2 N–H and O–H groups in total. The zero-order chi connectivity index (χ0) is 14.8. The van der Waals surface area contributed by atoms with Crippen molar-refractivity contribution in [1.29, 1.82) is 0 Å². The van der Waals surface area contributed by atoms with Gasteiger partial charge in [0.15, 0.2) is 0 Å². The monoisotopic (exact) mass is 291 g/mol. The van der Waals surface area contributed by atoms with E-state index in [1.54, 1.807) is 0 Å². The van der Waals surface area contributed by atoms with Gasteiger partial charge in [0.1, 0.15) is 6.20 Å². The molecule has 2 fully saturated rings. The Morgan fingerprint density at radius 3 is 2.57 bits per heavy atom. The number of nitrogens with zero attached hydrogens (tertiary/aromatic N) is 4. The van der Waals surface area contributed by atoms with Crippen LogP contribution in [0.3, 0.4) is 0 Å². The van der Waals surface area contributed by atoms with Gasteiger partial charge in [-0.25, -0.2) is 4.98 Å². The molecular weight excluding hydrogens is 270 g/mol. The SMILES string of the molecule is Nc1nc(N(CC2CCCCC2)C2CC2)ncc1[N+](=O)[O-]. The molecule has 0 radical (unpaired) electrons. The Hall–Kier alpha value is -1.92. The summed E-state index contributed by atoms with van der Waals surface area (Å²) < 4.78 is 0. The molecular formula is C14H21N5O2. The van der Waals surface area contributed by atoms with E-state index in [4.69, 9.17) is 5.73 Å². The number of rotatable bonds is 5. The molecule has 0 aliphatic heterocycles. The van der Waals surface area contributed by atoms with Gasteiger partial charge >= 0.3 is 5.69 Å². The normalized spacial score (nSPS) is 19.4. The molecule has 7 heteroatoms. The quantitative estimate of drug-likeness (QED) is 0.661. The maximum absolute atomic E-state index is 10.8. The number of hydrogen-bond donors (Lipinski definition) is 1. The van der Waals surface area contributed by atoms with Gasteiger partial charge in [-0.3, -0.25) is 10.1 Å². The molecule has 3 rings (SSSR count). The van der Waals surface area contributed by atoms with E-state index in [-0.39, 0.29) is 11.5 Å². The molecule has 0 atom stereocenters. The number of aromatic nitrogens is 2. The molecule has 1 aromatic heterocycles. The van der Waals surface area contributed by atoms with E-state index in [2.05, 4.69) is 14.9 Å². The molecule has 0 spiro atoms. The van der Waals surface area contributed by atoms with Crippen molar-refractivity contribution in [2.75, 3.05) is 17.2 Å². The van der Waals surface area contributed by atoms with Crippen LogP contribution in [0.1, 0.15) is 44.9 Å². The van der Waals surface area contributed by atoms with Crippen LogP contribution in [0.15, 0.2) is 6.20 Å². The van der Waals surface area contributed by atoms with Crippen LogP contribution in [-0.2, 0) is 0 Å². The Balaban J connectivity index is 1.77. The van der Waals surface area contributed by atoms with E-state index in [0.29, 0.717) is 17.9 Å². The van der Waals surface area contributed by atoms with Crippen LogP contribution in [0, 0.1) is 16.0 Å². The third kappa shape index (κ3) is 3.22. The fraction of sp³-hybridized carbons (Fsp3) is 0.714. The second kappa shape index (κ2) is 5.83. The van der Waals surface area contributed by atoms with E-state index in [0.717, 1.165) is 19.4 Å². The van der Waals surface area contributed by atoms with E-state index in [1.807, 2.05) is 0 Å². The summed E-state index contributed by atoms with van der Waals surface area (Å²) in [5.74, 6) is 1.19. The summed E-state index contributed by atoms with van der Waals surface area (Å²) in [6, 6.07) is 0.479. The zero-order valence-corrected chi connectivity index (χ0v) is 12.1. The second-order valence-electron chi connectivity index (χ2n) is 6.09. The maximum atomic E-state index is 10.8. The number of hydrogen-bond acceptors (Lipinski definition) is 6. The van der Waals surface area contributed by atoms with Gasteiger partial charge in [-0.05, 0) is 31.6 Å². The summed E-state index contributed by atoms with van der Waals surface area (Å²) in [5, 5.41) is 10.8. The number of nitro groups is 1. The lowest BCUT2D eigenvalue weighted by molar-refractivity contribution is -0.384. The molecule has 2 saturated carbocycles. The molecule has 114 valence electrons. The molecule has 0 unspecified atom stereocenters. The standard InChI is InChI=1S/C14H21N5O2/c15-13-12(19(20)21)8-16-14(17-13)18(11-6-7-11)9-10-4-2-1-3-5-10/h8,10-11H,1-7,9H2,(H2,15,16,17). The first-order valence-corrected chi connectivity index (χ1v) is 7.68. The minimum absolute atomic E-state index is 0.0423. The van der Waals surface area contributed by atoms with Crippen molar-refractivity contribution in [3.05, 3.63) is 16.3 Å². The van der Waals surface area contributed by atoms with Crippen LogP contribution in [0.5, 0.6) is 0 Å². The first-order chi connectivity index (χ1) is 10.1. The summed E-state index contributed by atoms with van der Waals surface area (Å²) >= 11 is 0. The van der Waals surface area contributed by atoms with Crippen LogP contribution >= 0.6 is 0 Å². The Kier molecular flexibility index (Phi) is 3.90. The first-order valence-electron chi connectivity index (χ1n) is 7.68. The molecule has 2 aliphatic carbocycles. The van der Waals surface area contributed by atoms with E-state index < -0.39 is 4.92 Å². The Labute approximate surface area is 123 Å². The van der Waals surface area contributed by atoms with Crippen molar-refractivity contribution in [2.24, 2.45) is 5.92 Å². The highest BCUT2D eigenvalue weighted by Crippen LogP contribution is 2.34. The summed E-state index contributed by atoms with van der Waals surface area (Å²) in [7, 11) is 0. The average molecular weight is 291 g/mol. The smallest absolute Gasteiger partial charge is 0.329 e. The van der Waals surface area contributed by atoms with Crippen molar-refractivity contribution in [1.82, 2.24) is 9.97 Å². The van der Waals surface area contributed by atoms with Crippen molar-refractivity contribution in [3.63, 3.8) is 0 Å². The van der Waals surface area contributed by atoms with Crippen LogP contribution in [0.4, 0.5) is 17.5 Å². The lowest BCUT2D eigenvalue weighted by Crippen LogP contribution is -2.34. The molecule has 0 bridgehead atoms. The molecule has 0 aromatic carbocycles. The zero-order valence-electron chi connectivity index (χ0n) is 12.1. The number of nitrogen functional groups attached to an aromatic ring is 1. The Morgan fingerprint density at radius 1 is 1.29 bits per heavy atom. The van der Waals surface area contributed by atoms with E-state index in [9.17, 15) is 10.1 Å². The van der Waals surface area contributed by atoms with Gasteiger partial charge in [-0.15, -0.1) is 0 Å². The van der Waals surface area contributed by atoms with Gasteiger partial charge in [0.2, 0.25) is 11.8 Å². The minimum Gasteiger partial charge on any atom is -0.378 e. The summed E-state index contributed by atoms with van der Waals surface area (Å²) in [6.45, 7) is 0.946. The van der Waals surface area contributed by atoms with Crippen LogP contribution in [0.2, 0.25) is 0 Å². The van der Waals surface area contributed by atoms with Crippen molar-refractivity contribution in [2.45, 2.75) is 51.0 Å². The van der Waals surface area contributed by atoms with Crippen LogP contribution < -0.4 is 10.6 Å². The highest BCUT2D eigenvalue weighted by molar-refractivity contribution is 5.54. The van der Waals surface area contributed by atoms with Gasteiger partial charge in [0.25, 0.3) is 0 Å². The highest BCUT2D eigenvalue weighted by atomic mass is 16.6. The molecule has 0 saturated heterocycles. The maximum Gasteiger partial charge on any atom is 0.329 e. The third-order valence-electron chi connectivity index (χ3n) is 4.41. The van der Waals surface area contributed by atoms with Gasteiger partial charge in [-0.2, -0.15) is 4.98 Å². The number of anilines is 2. The predicted molar refractivity (Wildman–Crippen MR) is 80.0 cm³/mol. The first kappa shape index (κ1) is 14.0. The summed E-state index contributed by atoms with van der Waals surface area (Å²) in [6.07, 6.45) is 9.96. The lowest BCUT2D eigenvalue weighted by atomic mass is 9.89. The summed E-state index contributed by atoms with van der Waals surface area (Å²) in [5.41, 5.74) is 5.48. The average Bonchev–Trinajstić information content (AvgIpc) is 3.30. The van der Waals surface area contributed by atoms with Gasteiger partial charge in [0.05, 0.1) is 4.92 Å². The molecule has 2 aliphatic rings. The number of nitrogens with two attached hydrogens (primary N) is 1. The fourth-order valence-electron chi connectivity index (χ4n) is 3.09. The minimum atomic E-state index is -0.540. The molecule has 7 nitrogen and oxygen atoms in total. The molecule has 21 heavy (non-hydrogen) atoms. The lowest BCUT2D eigenvalue weighted by Gasteiger charge is -2.29. The summed E-state index contributed by atoms with van der Waals surface area (Å²) in [4.78, 5) is 20.8. The van der Waals surface area contributed by atoms with Crippen LogP contribution in [-0.4, -0.2) is 27.5 Å². The Morgan fingerprint density at radius 2 is 2.00 bits per heavy atom. The second-order valence-corrected chi connectivity index (χ2v) is 6.09. The molecule has 1 aromatic rings. The third-order valence-corrected chi connectivity index (χ3v) is 4.41. The molecule has 1 heterocycles. The van der Waals surface area contributed by atoms with Crippen LogP contribution in [0.25, 0.3) is 0 Å². The predicted octanol–water partition coefficient (Wildman–Crippen LogP) is 2.52. The highest BCUT2D eigenvalue weighted by Gasteiger charge is 2.33. The van der Waals surface area contributed by atoms with E-state index >= 15 is 0 Å². The Bertz CT molecular complexity index is 526. The van der Waals surface area contributed by atoms with Gasteiger partial charge < -0.3 is 10.6 Å².